The summed E-state index contributed by atoms with van der Waals surface area (Å²) in [4.78, 5) is 60.2. The molecule has 1 fully saturated rings. The number of primary amides is 1. The van der Waals surface area contributed by atoms with Crippen LogP contribution in [-0.4, -0.2) is 151 Å². The zero-order chi connectivity index (χ0) is 28.2. The molecule has 229 valence electrons. The van der Waals surface area contributed by atoms with E-state index in [0.29, 0.717) is 45.8 Å². The van der Waals surface area contributed by atoms with E-state index in [2.05, 4.69) is 16.0 Å². The molecule has 0 unspecified atom stereocenters. The van der Waals surface area contributed by atoms with Gasteiger partial charge in [-0.2, -0.15) is 0 Å². The second-order valence-electron chi connectivity index (χ2n) is 8.62. The molecule has 15 nitrogen and oxygen atoms in total. The topological polar surface area (TPSA) is 218 Å². The van der Waals surface area contributed by atoms with Gasteiger partial charge in [0.1, 0.15) is 0 Å². The van der Waals surface area contributed by atoms with Crippen molar-refractivity contribution in [2.24, 2.45) is 5.73 Å². The smallest absolute Gasteiger partial charge is 0.317 e. The molecule has 8 N–H and O–H groups in total. The summed E-state index contributed by atoms with van der Waals surface area (Å²) in [6.07, 6.45) is 1.53. The second kappa shape index (κ2) is 23.3. The van der Waals surface area contributed by atoms with Crippen molar-refractivity contribution in [1.29, 1.82) is 0 Å². The van der Waals surface area contributed by atoms with Gasteiger partial charge in [0.05, 0.1) is 32.7 Å². The summed E-state index contributed by atoms with van der Waals surface area (Å²) in [6, 6.07) is 0.0687. The number of carbonyl (C=O) groups is 5. The molecule has 1 saturated heterocycles. The molecule has 0 saturated carbocycles. The molecule has 1 aliphatic rings. The minimum atomic E-state index is -0.966. The minimum absolute atomic E-state index is 0. The molecule has 2 amide bonds. The number of carbonyl (C=O) groups excluding carboxylic acids is 2. The van der Waals surface area contributed by atoms with Crippen LogP contribution in [0.1, 0.15) is 19.8 Å². The Kier molecular flexibility index (Phi) is 23.6. The third-order valence-electron chi connectivity index (χ3n) is 5.45. The Balaban J connectivity index is 0. The van der Waals surface area contributed by atoms with Crippen molar-refractivity contribution in [1.82, 2.24) is 30.7 Å². The van der Waals surface area contributed by atoms with E-state index in [4.69, 9.17) is 21.1 Å². The zero-order valence-corrected chi connectivity index (χ0v) is 23.7. The van der Waals surface area contributed by atoms with Gasteiger partial charge in [0.2, 0.25) is 11.8 Å². The van der Waals surface area contributed by atoms with Crippen LogP contribution in [0.5, 0.6) is 0 Å². The van der Waals surface area contributed by atoms with Gasteiger partial charge in [-0.25, -0.2) is 0 Å². The van der Waals surface area contributed by atoms with E-state index in [-0.39, 0.29) is 87.5 Å². The van der Waals surface area contributed by atoms with E-state index in [1.807, 2.05) is 16.7 Å². The first-order valence-electron chi connectivity index (χ1n) is 12.2. The van der Waals surface area contributed by atoms with Crippen LogP contribution in [0.2, 0.25) is 0 Å². The second-order valence-corrected chi connectivity index (χ2v) is 8.62. The fourth-order valence-electron chi connectivity index (χ4n) is 3.61. The van der Waals surface area contributed by atoms with Crippen LogP contribution < -0.4 is 21.7 Å². The summed E-state index contributed by atoms with van der Waals surface area (Å²) in [6.45, 7) is 5.91. The van der Waals surface area contributed by atoms with Crippen LogP contribution in [0, 0.1) is 36.9 Å². The number of nitrogens with zero attached hydrogens (tertiary/aromatic N) is 3. The van der Waals surface area contributed by atoms with E-state index in [1.165, 1.54) is 0 Å². The quantitative estimate of drug-likeness (QED) is 0.0697. The molecule has 0 aromatic carbocycles. The Labute approximate surface area is 252 Å². The molecule has 1 rings (SSSR count). The molecule has 1 heterocycles. The number of likely N-dealkylation sites (N-methyl/N-ethyl adjacent to an activating group) is 2. The number of rotatable bonds is 18. The predicted molar refractivity (Wildman–Crippen MR) is 135 cm³/mol. The largest absolute Gasteiger partial charge is 0.480 e. The number of piperidine rings is 1. The third kappa shape index (κ3) is 22.4. The fourth-order valence-corrected chi connectivity index (χ4v) is 3.61. The van der Waals surface area contributed by atoms with Crippen molar-refractivity contribution in [3.63, 3.8) is 0 Å². The van der Waals surface area contributed by atoms with E-state index < -0.39 is 17.9 Å². The number of amides is 2. The summed E-state index contributed by atoms with van der Waals surface area (Å²) in [5.41, 5.74) is 5.21. The van der Waals surface area contributed by atoms with E-state index in [1.54, 1.807) is 11.9 Å². The van der Waals surface area contributed by atoms with Gasteiger partial charge in [-0.05, 0) is 26.4 Å². The van der Waals surface area contributed by atoms with Gasteiger partial charge in [-0.3, -0.25) is 38.7 Å². The van der Waals surface area contributed by atoms with Crippen molar-refractivity contribution in [2.75, 3.05) is 85.6 Å². The molecular weight excluding hydrogens is 665 g/mol. The number of hydrogen-bond donors (Lipinski definition) is 7. The van der Waals surface area contributed by atoms with E-state index in [0.717, 1.165) is 12.8 Å². The molecule has 0 spiro atoms. The number of carboxylic acids is 3. The standard InChI is InChI=1S/C19H36N6O6.C3H7NO2.Lu/c1-2-23(9-10-25(14-19(30)31)8-5-21-11-18(28)29)13-17(27)22-15-3-6-24(7-4-15)12-16(20)26;1-4-2-3(5)6;/h15,21H,2-14H2,1H3,(H2,20,26)(H,22,27)(H,28,29)(H,30,31);4H,2H2,1H3,(H,5,6);. The number of hydrogen-bond acceptors (Lipinski definition) is 10. The van der Waals surface area contributed by atoms with Crippen LogP contribution in [0.25, 0.3) is 0 Å². The molecular formula is C22H43LuN7O8. The molecule has 1 radical (unpaired) electrons. The number of nitrogens with two attached hydrogens (primary N) is 1. The van der Waals surface area contributed by atoms with Gasteiger partial charge in [-0.1, -0.05) is 6.92 Å². The maximum Gasteiger partial charge on any atom is 0.317 e. The molecule has 16 heteroatoms. The van der Waals surface area contributed by atoms with Crippen LogP contribution in [0.4, 0.5) is 0 Å². The van der Waals surface area contributed by atoms with Crippen LogP contribution in [0.15, 0.2) is 0 Å². The van der Waals surface area contributed by atoms with Crippen molar-refractivity contribution in [3.8, 4) is 0 Å². The fraction of sp³-hybridized carbons (Fsp3) is 0.773. The Hall–Kier alpha value is -1.62. The van der Waals surface area contributed by atoms with Crippen molar-refractivity contribution < 1.29 is 76.2 Å². The van der Waals surface area contributed by atoms with Crippen LogP contribution in [0.3, 0.4) is 0 Å². The van der Waals surface area contributed by atoms with Crippen molar-refractivity contribution in [2.45, 2.75) is 25.8 Å². The number of aliphatic carboxylic acids is 3. The Bertz CT molecular complexity index is 724. The van der Waals surface area contributed by atoms with Gasteiger partial charge >= 0.3 is 17.9 Å². The number of likely N-dealkylation sites (tertiary alicyclic amines) is 1. The first-order chi connectivity index (χ1) is 17.5. The van der Waals surface area contributed by atoms with E-state index >= 15 is 0 Å². The van der Waals surface area contributed by atoms with Crippen molar-refractivity contribution >= 4 is 29.7 Å². The average Bonchev–Trinajstić information content (AvgIpc) is 2.80. The first-order valence-corrected chi connectivity index (χ1v) is 12.2. The molecule has 0 aromatic rings. The first kappa shape index (κ1) is 38.5. The molecule has 1 aliphatic heterocycles. The summed E-state index contributed by atoms with van der Waals surface area (Å²) >= 11 is 0. The van der Waals surface area contributed by atoms with Gasteiger partial charge in [0.25, 0.3) is 0 Å². The summed E-state index contributed by atoms with van der Waals surface area (Å²) in [7, 11) is 1.59. The zero-order valence-electron chi connectivity index (χ0n) is 22.0. The van der Waals surface area contributed by atoms with Gasteiger partial charge in [0.15, 0.2) is 0 Å². The molecule has 0 aromatic heterocycles. The minimum Gasteiger partial charge on any atom is -0.480 e. The van der Waals surface area contributed by atoms with Gasteiger partial charge in [-0.15, -0.1) is 0 Å². The van der Waals surface area contributed by atoms with Gasteiger partial charge in [0, 0.05) is 82.2 Å². The Morgan fingerprint density at radius 2 is 1.47 bits per heavy atom. The number of nitrogens with one attached hydrogen (secondary N) is 3. The SMILES string of the molecule is CCN(CCN(CCNCC(=O)O)CC(=O)O)CC(=O)NC1CCN(CC(N)=O)CC1.CNCC(=O)O.[Lu]. The molecule has 0 aliphatic carbocycles. The molecule has 38 heavy (non-hydrogen) atoms. The monoisotopic (exact) mass is 708 g/mol. The van der Waals surface area contributed by atoms with Crippen LogP contribution >= 0.6 is 0 Å². The van der Waals surface area contributed by atoms with E-state index in [9.17, 15) is 24.0 Å². The molecule has 0 atom stereocenters. The number of carboxylic acid groups (broad SMARTS) is 3. The third-order valence-corrected chi connectivity index (χ3v) is 5.45. The molecule has 0 bridgehead atoms. The van der Waals surface area contributed by atoms with Crippen LogP contribution in [-0.2, 0) is 24.0 Å². The predicted octanol–water partition coefficient (Wildman–Crippen LogP) is -3.27. The maximum atomic E-state index is 12.4. The Morgan fingerprint density at radius 1 is 0.895 bits per heavy atom. The van der Waals surface area contributed by atoms with Crippen molar-refractivity contribution in [3.05, 3.63) is 0 Å². The summed E-state index contributed by atoms with van der Waals surface area (Å²) < 4.78 is 0. The van der Waals surface area contributed by atoms with Gasteiger partial charge < -0.3 is 37.0 Å². The average molecular weight is 709 g/mol. The summed E-state index contributed by atoms with van der Waals surface area (Å²) in [5, 5.41) is 33.8. The Morgan fingerprint density at radius 3 is 1.92 bits per heavy atom. The summed E-state index contributed by atoms with van der Waals surface area (Å²) in [5.74, 6) is -3.18. The maximum absolute atomic E-state index is 12.4. The normalized spacial score (nSPS) is 13.8.